The van der Waals surface area contributed by atoms with Crippen molar-refractivity contribution < 1.29 is 28.1 Å². The molecule has 0 amide bonds. The maximum Gasteiger partial charge on any atom is 0.242 e. The smallest absolute Gasteiger partial charge is 0.242 e. The molecular weight excluding hydrogens is 480 g/mol. The van der Waals surface area contributed by atoms with Crippen LogP contribution < -0.4 is 14.8 Å². The van der Waals surface area contributed by atoms with Crippen LogP contribution in [0.5, 0.6) is 17.2 Å². The first-order valence-electron chi connectivity index (χ1n) is 13.3. The van der Waals surface area contributed by atoms with Gasteiger partial charge in [0.25, 0.3) is 0 Å². The maximum absolute atomic E-state index is 13.7. The SMILES string of the molecule is CCCCOP(=O)(COc1ccc(CCNCCCOc2ccc(O)c(F)c2)cc1)C1CCCCC1. The summed E-state index contributed by atoms with van der Waals surface area (Å²) in [6.07, 6.45) is 9.18. The van der Waals surface area contributed by atoms with Gasteiger partial charge in [0.15, 0.2) is 17.9 Å². The number of benzene rings is 2. The Kier molecular flexibility index (Phi) is 12.1. The average Bonchev–Trinajstić information content (AvgIpc) is 2.90. The summed E-state index contributed by atoms with van der Waals surface area (Å²) in [4.78, 5) is 0. The van der Waals surface area contributed by atoms with E-state index < -0.39 is 13.2 Å². The number of phenols is 1. The molecule has 2 aromatic rings. The second-order valence-electron chi connectivity index (χ2n) is 9.44. The second kappa shape index (κ2) is 15.2. The zero-order valence-corrected chi connectivity index (χ0v) is 22.3. The third kappa shape index (κ3) is 9.42. The van der Waals surface area contributed by atoms with Gasteiger partial charge in [0, 0.05) is 11.7 Å². The normalized spacial score (nSPS) is 15.9. The lowest BCUT2D eigenvalue weighted by molar-refractivity contribution is 0.263. The van der Waals surface area contributed by atoms with Gasteiger partial charge in [-0.1, -0.05) is 44.7 Å². The monoisotopic (exact) mass is 521 g/mol. The fourth-order valence-corrected chi connectivity index (χ4v) is 6.74. The van der Waals surface area contributed by atoms with Crippen LogP contribution in [0.3, 0.4) is 0 Å². The summed E-state index contributed by atoms with van der Waals surface area (Å²) >= 11 is 0. The van der Waals surface area contributed by atoms with Crippen molar-refractivity contribution >= 4 is 7.37 Å². The van der Waals surface area contributed by atoms with Gasteiger partial charge >= 0.3 is 0 Å². The minimum absolute atomic E-state index is 0.126. The maximum atomic E-state index is 13.7. The third-order valence-electron chi connectivity index (χ3n) is 6.55. The van der Waals surface area contributed by atoms with Gasteiger partial charge in [0.1, 0.15) is 11.5 Å². The number of halogens is 1. The summed E-state index contributed by atoms with van der Waals surface area (Å²) in [5, 5.41) is 12.6. The predicted molar refractivity (Wildman–Crippen MR) is 142 cm³/mol. The Bertz CT molecular complexity index is 949. The van der Waals surface area contributed by atoms with Crippen LogP contribution in [0.4, 0.5) is 4.39 Å². The summed E-state index contributed by atoms with van der Waals surface area (Å²) in [6.45, 7) is 4.74. The molecule has 2 N–H and O–H groups in total. The van der Waals surface area contributed by atoms with Crippen molar-refractivity contribution in [2.45, 2.75) is 70.4 Å². The molecule has 36 heavy (non-hydrogen) atoms. The molecule has 0 spiro atoms. The number of hydrogen-bond donors (Lipinski definition) is 2. The zero-order chi connectivity index (χ0) is 25.6. The van der Waals surface area contributed by atoms with Crippen LogP contribution in [0.2, 0.25) is 0 Å². The Morgan fingerprint density at radius 2 is 1.72 bits per heavy atom. The van der Waals surface area contributed by atoms with E-state index in [1.807, 2.05) is 24.3 Å². The van der Waals surface area contributed by atoms with Gasteiger partial charge in [-0.05, 0) is 75.0 Å². The zero-order valence-electron chi connectivity index (χ0n) is 21.4. The highest BCUT2D eigenvalue weighted by Gasteiger charge is 2.36. The van der Waals surface area contributed by atoms with Crippen molar-refractivity contribution in [2.24, 2.45) is 0 Å². The summed E-state index contributed by atoms with van der Waals surface area (Å²) in [6, 6.07) is 12.0. The van der Waals surface area contributed by atoms with Crippen LogP contribution in [0, 0.1) is 5.82 Å². The topological polar surface area (TPSA) is 77.0 Å². The highest BCUT2D eigenvalue weighted by atomic mass is 31.2. The lowest BCUT2D eigenvalue weighted by atomic mass is 10.0. The largest absolute Gasteiger partial charge is 0.505 e. The number of hydrogen-bond acceptors (Lipinski definition) is 6. The van der Waals surface area contributed by atoms with E-state index in [0.717, 1.165) is 70.2 Å². The quantitative estimate of drug-likeness (QED) is 0.185. The molecule has 3 rings (SSSR count). The van der Waals surface area contributed by atoms with Crippen LogP contribution in [-0.2, 0) is 15.5 Å². The van der Waals surface area contributed by atoms with Crippen molar-refractivity contribution in [3.05, 3.63) is 53.8 Å². The predicted octanol–water partition coefficient (Wildman–Crippen LogP) is 6.90. The van der Waals surface area contributed by atoms with Crippen molar-refractivity contribution in [1.29, 1.82) is 0 Å². The standard InChI is InChI=1S/C28H41FNO5P/c1-2-3-20-35-36(32,26-8-5-4-6-9-26)22-34-24-12-10-23(11-13-24)16-18-30-17-7-19-33-25-14-15-28(31)27(29)21-25/h10-15,21,26,30-31H,2-9,16-20,22H2,1H3. The molecule has 0 heterocycles. The van der Waals surface area contributed by atoms with Crippen molar-refractivity contribution in [2.75, 3.05) is 32.7 Å². The molecule has 6 nitrogen and oxygen atoms in total. The Morgan fingerprint density at radius 1 is 0.972 bits per heavy atom. The molecule has 0 aliphatic heterocycles. The fourth-order valence-electron chi connectivity index (χ4n) is 4.33. The number of aromatic hydroxyl groups is 1. The molecule has 1 fully saturated rings. The van der Waals surface area contributed by atoms with Crippen molar-refractivity contribution in [3.63, 3.8) is 0 Å². The van der Waals surface area contributed by atoms with Gasteiger partial charge in [-0.3, -0.25) is 4.57 Å². The van der Waals surface area contributed by atoms with E-state index in [9.17, 15) is 14.1 Å². The summed E-state index contributed by atoms with van der Waals surface area (Å²) in [7, 11) is -2.83. The Labute approximate surface area is 215 Å². The molecule has 200 valence electrons. The van der Waals surface area contributed by atoms with E-state index in [2.05, 4.69) is 12.2 Å². The first kappa shape index (κ1) is 28.5. The first-order valence-corrected chi connectivity index (χ1v) is 15.1. The molecule has 1 atom stereocenters. The summed E-state index contributed by atoms with van der Waals surface area (Å²) < 4.78 is 44.4. The Morgan fingerprint density at radius 3 is 2.44 bits per heavy atom. The molecule has 1 saturated carbocycles. The summed E-state index contributed by atoms with van der Waals surface area (Å²) in [5.41, 5.74) is 1.32. The minimum atomic E-state index is -2.83. The van der Waals surface area contributed by atoms with Gasteiger partial charge < -0.3 is 24.4 Å². The van der Waals surface area contributed by atoms with Crippen LogP contribution >= 0.6 is 7.37 Å². The van der Waals surface area contributed by atoms with E-state index in [1.165, 1.54) is 24.1 Å². The van der Waals surface area contributed by atoms with E-state index in [0.29, 0.717) is 19.0 Å². The Hall–Kier alpha value is -2.08. The van der Waals surface area contributed by atoms with Crippen molar-refractivity contribution in [1.82, 2.24) is 5.32 Å². The molecule has 2 aromatic carbocycles. The lowest BCUT2D eigenvalue weighted by Crippen LogP contribution is -2.20. The van der Waals surface area contributed by atoms with Gasteiger partial charge in [0.2, 0.25) is 7.37 Å². The van der Waals surface area contributed by atoms with Gasteiger partial charge in [-0.15, -0.1) is 0 Å². The summed E-state index contributed by atoms with van der Waals surface area (Å²) in [5.74, 6) is 0.0833. The van der Waals surface area contributed by atoms with E-state index in [4.69, 9.17) is 14.0 Å². The Balaban J connectivity index is 1.34. The van der Waals surface area contributed by atoms with Gasteiger partial charge in [-0.25, -0.2) is 4.39 Å². The molecule has 1 unspecified atom stereocenters. The van der Waals surface area contributed by atoms with E-state index >= 15 is 0 Å². The van der Waals surface area contributed by atoms with Gasteiger partial charge in [-0.2, -0.15) is 0 Å². The van der Waals surface area contributed by atoms with E-state index in [-0.39, 0.29) is 17.8 Å². The highest BCUT2D eigenvalue weighted by molar-refractivity contribution is 7.59. The first-order chi connectivity index (χ1) is 17.5. The average molecular weight is 522 g/mol. The van der Waals surface area contributed by atoms with Crippen LogP contribution in [0.15, 0.2) is 42.5 Å². The molecular formula is C28H41FNO5P. The number of rotatable bonds is 16. The fraction of sp³-hybridized carbons (Fsp3) is 0.571. The number of phenolic OH excluding ortho intramolecular Hbond substituents is 1. The number of ether oxygens (including phenoxy) is 2. The van der Waals surface area contributed by atoms with Crippen LogP contribution in [-0.4, -0.2) is 43.4 Å². The van der Waals surface area contributed by atoms with Crippen molar-refractivity contribution in [3.8, 4) is 17.2 Å². The highest BCUT2D eigenvalue weighted by Crippen LogP contribution is 2.56. The molecule has 0 aromatic heterocycles. The minimum Gasteiger partial charge on any atom is -0.505 e. The van der Waals surface area contributed by atoms with E-state index in [1.54, 1.807) is 6.07 Å². The molecule has 8 heteroatoms. The van der Waals surface area contributed by atoms with Gasteiger partial charge in [0.05, 0.1) is 13.2 Å². The molecule has 0 radical (unpaired) electrons. The second-order valence-corrected chi connectivity index (χ2v) is 12.1. The third-order valence-corrected chi connectivity index (χ3v) is 9.29. The van der Waals surface area contributed by atoms with Crippen LogP contribution in [0.1, 0.15) is 63.9 Å². The molecule has 1 aliphatic carbocycles. The lowest BCUT2D eigenvalue weighted by Gasteiger charge is -2.30. The number of nitrogens with one attached hydrogen (secondary N) is 1. The van der Waals surface area contributed by atoms with Crippen LogP contribution in [0.25, 0.3) is 0 Å². The molecule has 1 aliphatic rings. The molecule has 0 bridgehead atoms. The molecule has 0 saturated heterocycles. The number of unbranched alkanes of at least 4 members (excludes halogenated alkanes) is 1.